The molecule has 30 heavy (non-hydrogen) atoms. The Balaban J connectivity index is 1.56. The summed E-state index contributed by atoms with van der Waals surface area (Å²) >= 11 is 1.31. The molecule has 0 aliphatic heterocycles. The first-order valence-corrected chi connectivity index (χ1v) is 10.3. The van der Waals surface area contributed by atoms with Crippen LogP contribution in [0, 0.1) is 0 Å². The van der Waals surface area contributed by atoms with Gasteiger partial charge >= 0.3 is 0 Å². The number of nitrogens with zero attached hydrogens (tertiary/aromatic N) is 3. The molecular formula is C21H24N4O4S. The summed E-state index contributed by atoms with van der Waals surface area (Å²) in [5.74, 6) is 2.89. The minimum Gasteiger partial charge on any atom is -0.497 e. The maximum Gasteiger partial charge on any atom is 0.234 e. The van der Waals surface area contributed by atoms with E-state index in [0.717, 1.165) is 5.75 Å². The molecule has 0 aliphatic carbocycles. The van der Waals surface area contributed by atoms with E-state index in [4.69, 9.17) is 14.2 Å². The van der Waals surface area contributed by atoms with Crippen molar-refractivity contribution >= 4 is 23.4 Å². The van der Waals surface area contributed by atoms with E-state index in [-0.39, 0.29) is 17.8 Å². The van der Waals surface area contributed by atoms with Crippen LogP contribution in [0.4, 0.5) is 5.69 Å². The van der Waals surface area contributed by atoms with E-state index < -0.39 is 0 Å². The number of hydrogen-bond acceptors (Lipinski definition) is 7. The van der Waals surface area contributed by atoms with E-state index in [1.54, 1.807) is 20.3 Å². The quantitative estimate of drug-likeness (QED) is 0.520. The maximum atomic E-state index is 12.3. The summed E-state index contributed by atoms with van der Waals surface area (Å²) in [7, 11) is 5.06. The SMILES string of the molecule is COc1ccc(OC(C)c2nnc(SCC(=O)Nc3cccc(OC)c3)n2C)cc1. The van der Waals surface area contributed by atoms with Crippen LogP contribution in [0.2, 0.25) is 0 Å². The minimum atomic E-state index is -0.309. The normalized spacial score (nSPS) is 11.6. The van der Waals surface area contributed by atoms with Crippen molar-refractivity contribution in [3.63, 3.8) is 0 Å². The van der Waals surface area contributed by atoms with Crippen LogP contribution >= 0.6 is 11.8 Å². The zero-order chi connectivity index (χ0) is 21.5. The molecule has 1 aromatic heterocycles. The van der Waals surface area contributed by atoms with E-state index in [2.05, 4.69) is 15.5 Å². The van der Waals surface area contributed by atoms with Gasteiger partial charge in [0.15, 0.2) is 17.1 Å². The molecule has 0 radical (unpaired) electrons. The molecular weight excluding hydrogens is 404 g/mol. The lowest BCUT2D eigenvalue weighted by Crippen LogP contribution is -2.15. The minimum absolute atomic E-state index is 0.139. The molecule has 0 bridgehead atoms. The Labute approximate surface area is 179 Å². The fourth-order valence-electron chi connectivity index (χ4n) is 2.74. The lowest BCUT2D eigenvalue weighted by molar-refractivity contribution is -0.113. The van der Waals surface area contributed by atoms with Gasteiger partial charge in [-0.1, -0.05) is 17.8 Å². The van der Waals surface area contributed by atoms with Gasteiger partial charge in [-0.2, -0.15) is 0 Å². The maximum absolute atomic E-state index is 12.3. The van der Waals surface area contributed by atoms with Gasteiger partial charge < -0.3 is 24.1 Å². The first kappa shape index (κ1) is 21.5. The fourth-order valence-corrected chi connectivity index (χ4v) is 3.46. The van der Waals surface area contributed by atoms with Crippen LogP contribution in [0.3, 0.4) is 0 Å². The van der Waals surface area contributed by atoms with E-state index in [0.29, 0.717) is 28.2 Å². The molecule has 0 saturated carbocycles. The van der Waals surface area contributed by atoms with E-state index in [1.807, 2.05) is 61.0 Å². The average Bonchev–Trinajstić information content (AvgIpc) is 3.13. The molecule has 1 amide bonds. The van der Waals surface area contributed by atoms with E-state index in [1.165, 1.54) is 11.8 Å². The number of aromatic nitrogens is 3. The second-order valence-electron chi connectivity index (χ2n) is 6.40. The number of hydrogen-bond donors (Lipinski definition) is 1. The highest BCUT2D eigenvalue weighted by molar-refractivity contribution is 7.99. The number of thioether (sulfide) groups is 1. The molecule has 0 fully saturated rings. The van der Waals surface area contributed by atoms with Gasteiger partial charge in [0.1, 0.15) is 17.2 Å². The Hall–Kier alpha value is -3.20. The molecule has 1 heterocycles. The van der Waals surface area contributed by atoms with Crippen molar-refractivity contribution in [3.8, 4) is 17.2 Å². The molecule has 0 aliphatic rings. The second-order valence-corrected chi connectivity index (χ2v) is 7.35. The molecule has 1 atom stereocenters. The number of carbonyl (C=O) groups is 1. The summed E-state index contributed by atoms with van der Waals surface area (Å²) < 4.78 is 18.1. The monoisotopic (exact) mass is 428 g/mol. The predicted molar refractivity (Wildman–Crippen MR) is 115 cm³/mol. The van der Waals surface area contributed by atoms with E-state index in [9.17, 15) is 4.79 Å². The van der Waals surface area contributed by atoms with Gasteiger partial charge in [-0.3, -0.25) is 4.79 Å². The zero-order valence-electron chi connectivity index (χ0n) is 17.3. The van der Waals surface area contributed by atoms with Crippen molar-refractivity contribution in [2.24, 2.45) is 7.05 Å². The fraction of sp³-hybridized carbons (Fsp3) is 0.286. The van der Waals surface area contributed by atoms with Crippen molar-refractivity contribution in [1.29, 1.82) is 0 Å². The third-order valence-corrected chi connectivity index (χ3v) is 5.31. The van der Waals surface area contributed by atoms with Crippen LogP contribution in [-0.2, 0) is 11.8 Å². The zero-order valence-corrected chi connectivity index (χ0v) is 18.1. The third kappa shape index (κ3) is 5.44. The van der Waals surface area contributed by atoms with Crippen molar-refractivity contribution < 1.29 is 19.0 Å². The lowest BCUT2D eigenvalue weighted by Gasteiger charge is -2.14. The Morgan fingerprint density at radius 1 is 1.07 bits per heavy atom. The van der Waals surface area contributed by atoms with Crippen LogP contribution in [0.15, 0.2) is 53.7 Å². The third-order valence-electron chi connectivity index (χ3n) is 4.29. The summed E-state index contributed by atoms with van der Waals surface area (Å²) in [6.45, 7) is 1.90. The molecule has 3 aromatic rings. The number of benzene rings is 2. The molecule has 2 aromatic carbocycles. The number of amides is 1. The first-order chi connectivity index (χ1) is 14.5. The second kappa shape index (κ2) is 10.0. The molecule has 0 saturated heterocycles. The van der Waals surface area contributed by atoms with Gasteiger partial charge in [-0.25, -0.2) is 0 Å². The molecule has 158 valence electrons. The topological polar surface area (TPSA) is 87.5 Å². The van der Waals surface area contributed by atoms with Gasteiger partial charge in [0.05, 0.1) is 20.0 Å². The number of carbonyl (C=O) groups excluding carboxylic acids is 1. The summed E-state index contributed by atoms with van der Waals surface area (Å²) in [4.78, 5) is 12.3. The summed E-state index contributed by atoms with van der Waals surface area (Å²) in [5, 5.41) is 11.9. The van der Waals surface area contributed by atoms with Crippen LogP contribution in [0.25, 0.3) is 0 Å². The van der Waals surface area contributed by atoms with Gasteiger partial charge in [0, 0.05) is 18.8 Å². The van der Waals surface area contributed by atoms with Crippen LogP contribution < -0.4 is 19.5 Å². The summed E-state index contributed by atoms with van der Waals surface area (Å²) in [6.07, 6.45) is -0.309. The Morgan fingerprint density at radius 2 is 1.77 bits per heavy atom. The number of anilines is 1. The van der Waals surface area contributed by atoms with Gasteiger partial charge in [-0.05, 0) is 43.3 Å². The Morgan fingerprint density at radius 3 is 2.47 bits per heavy atom. The van der Waals surface area contributed by atoms with Gasteiger partial charge in [0.25, 0.3) is 0 Å². The highest BCUT2D eigenvalue weighted by atomic mass is 32.2. The summed E-state index contributed by atoms with van der Waals surface area (Å²) in [5.41, 5.74) is 0.681. The largest absolute Gasteiger partial charge is 0.497 e. The molecule has 1 N–H and O–H groups in total. The first-order valence-electron chi connectivity index (χ1n) is 9.27. The Bertz CT molecular complexity index is 991. The number of methoxy groups -OCH3 is 2. The highest BCUT2D eigenvalue weighted by Gasteiger charge is 2.18. The molecule has 1 unspecified atom stereocenters. The highest BCUT2D eigenvalue weighted by Crippen LogP contribution is 2.25. The van der Waals surface area contributed by atoms with E-state index >= 15 is 0 Å². The van der Waals surface area contributed by atoms with Crippen molar-refractivity contribution in [3.05, 3.63) is 54.4 Å². The van der Waals surface area contributed by atoms with Gasteiger partial charge in [0.2, 0.25) is 5.91 Å². The average molecular weight is 429 g/mol. The van der Waals surface area contributed by atoms with Gasteiger partial charge in [-0.15, -0.1) is 10.2 Å². The number of nitrogens with one attached hydrogen (secondary N) is 1. The molecule has 8 nitrogen and oxygen atoms in total. The van der Waals surface area contributed by atoms with Crippen LogP contribution in [0.1, 0.15) is 18.9 Å². The Kier molecular flexibility index (Phi) is 7.18. The smallest absolute Gasteiger partial charge is 0.234 e. The predicted octanol–water partition coefficient (Wildman–Crippen LogP) is 3.70. The molecule has 3 rings (SSSR count). The summed E-state index contributed by atoms with van der Waals surface area (Å²) in [6, 6.07) is 14.6. The lowest BCUT2D eigenvalue weighted by atomic mass is 10.3. The van der Waals surface area contributed by atoms with Crippen molar-refractivity contribution in [1.82, 2.24) is 14.8 Å². The van der Waals surface area contributed by atoms with Crippen molar-refractivity contribution in [2.45, 2.75) is 18.2 Å². The van der Waals surface area contributed by atoms with Crippen LogP contribution in [-0.4, -0.2) is 40.6 Å². The number of rotatable bonds is 9. The van der Waals surface area contributed by atoms with Crippen molar-refractivity contribution in [2.75, 3.05) is 25.3 Å². The standard InChI is InChI=1S/C21H24N4O4S/c1-14(29-17-10-8-16(27-3)9-11-17)20-23-24-21(25(20)2)30-13-19(26)22-15-6-5-7-18(12-15)28-4/h5-12,14H,13H2,1-4H3,(H,22,26). The molecule has 9 heteroatoms. The number of ether oxygens (including phenoxy) is 3. The van der Waals surface area contributed by atoms with Crippen LogP contribution in [0.5, 0.6) is 17.2 Å². The molecule has 0 spiro atoms.